The van der Waals surface area contributed by atoms with Crippen LogP contribution in [0.4, 0.5) is 0 Å². The second kappa shape index (κ2) is 5.14. The Morgan fingerprint density at radius 2 is 2.26 bits per heavy atom. The third-order valence-electron chi connectivity index (χ3n) is 2.58. The summed E-state index contributed by atoms with van der Waals surface area (Å²) in [6, 6.07) is 1.56. The SMILES string of the molecule is CCn1cc(S(=O)(=O)NC(=O)c2ccsc2)nc1C. The number of imidazole rings is 1. The number of nitrogens with zero attached hydrogens (tertiary/aromatic N) is 2. The molecule has 0 fully saturated rings. The fourth-order valence-corrected chi connectivity index (χ4v) is 3.18. The zero-order valence-corrected chi connectivity index (χ0v) is 12.1. The lowest BCUT2D eigenvalue weighted by Crippen LogP contribution is -2.30. The molecular formula is C11H13N3O3S2. The van der Waals surface area contributed by atoms with Crippen molar-refractivity contribution in [3.05, 3.63) is 34.4 Å². The lowest BCUT2D eigenvalue weighted by molar-refractivity contribution is 0.0982. The Bertz CT molecular complexity index is 687. The zero-order valence-electron chi connectivity index (χ0n) is 10.5. The molecule has 0 unspecified atom stereocenters. The summed E-state index contributed by atoms with van der Waals surface area (Å²) in [5, 5.41) is 3.15. The normalized spacial score (nSPS) is 11.5. The predicted octanol–water partition coefficient (Wildman–Crippen LogP) is 1.39. The fourth-order valence-electron chi connectivity index (χ4n) is 1.56. The number of sulfonamides is 1. The highest BCUT2D eigenvalue weighted by Gasteiger charge is 2.22. The van der Waals surface area contributed by atoms with Gasteiger partial charge in [0.2, 0.25) is 0 Å². The number of carbonyl (C=O) groups is 1. The second-order valence-corrected chi connectivity index (χ2v) is 6.27. The molecule has 0 radical (unpaired) electrons. The van der Waals surface area contributed by atoms with Crippen LogP contribution < -0.4 is 4.72 Å². The maximum Gasteiger partial charge on any atom is 0.283 e. The van der Waals surface area contributed by atoms with Crippen molar-refractivity contribution in [1.29, 1.82) is 0 Å². The van der Waals surface area contributed by atoms with Gasteiger partial charge in [-0.05, 0) is 25.3 Å². The highest BCUT2D eigenvalue weighted by atomic mass is 32.2. The minimum absolute atomic E-state index is 0.143. The molecule has 2 rings (SSSR count). The Balaban J connectivity index is 2.25. The van der Waals surface area contributed by atoms with E-state index >= 15 is 0 Å². The summed E-state index contributed by atoms with van der Waals surface area (Å²) in [5.41, 5.74) is 0.320. The molecule has 0 spiro atoms. The van der Waals surface area contributed by atoms with Crippen molar-refractivity contribution >= 4 is 27.3 Å². The van der Waals surface area contributed by atoms with Gasteiger partial charge in [0.15, 0.2) is 5.03 Å². The molecule has 102 valence electrons. The molecule has 0 bridgehead atoms. The van der Waals surface area contributed by atoms with Crippen LogP contribution >= 0.6 is 11.3 Å². The van der Waals surface area contributed by atoms with E-state index in [4.69, 9.17) is 0 Å². The summed E-state index contributed by atoms with van der Waals surface area (Å²) >= 11 is 1.32. The summed E-state index contributed by atoms with van der Waals surface area (Å²) in [4.78, 5) is 15.7. The van der Waals surface area contributed by atoms with Crippen molar-refractivity contribution in [2.75, 3.05) is 0 Å². The van der Waals surface area contributed by atoms with Gasteiger partial charge >= 0.3 is 0 Å². The molecule has 1 amide bonds. The monoisotopic (exact) mass is 299 g/mol. The van der Waals surface area contributed by atoms with E-state index in [9.17, 15) is 13.2 Å². The van der Waals surface area contributed by atoms with Crippen molar-refractivity contribution in [2.24, 2.45) is 0 Å². The van der Waals surface area contributed by atoms with E-state index in [1.165, 1.54) is 17.5 Å². The van der Waals surface area contributed by atoms with Gasteiger partial charge < -0.3 is 4.57 Å². The van der Waals surface area contributed by atoms with E-state index in [0.717, 1.165) is 0 Å². The molecule has 6 nitrogen and oxygen atoms in total. The van der Waals surface area contributed by atoms with Gasteiger partial charge in [0.25, 0.3) is 15.9 Å². The van der Waals surface area contributed by atoms with Crippen LogP contribution in [0, 0.1) is 6.92 Å². The van der Waals surface area contributed by atoms with Gasteiger partial charge in [0.05, 0.1) is 5.56 Å². The second-order valence-electron chi connectivity index (χ2n) is 3.86. The molecule has 0 saturated heterocycles. The molecule has 2 aromatic rings. The van der Waals surface area contributed by atoms with Crippen molar-refractivity contribution in [2.45, 2.75) is 25.4 Å². The molecule has 0 aromatic carbocycles. The molecule has 0 aliphatic heterocycles. The lowest BCUT2D eigenvalue weighted by atomic mass is 10.3. The van der Waals surface area contributed by atoms with E-state index < -0.39 is 15.9 Å². The molecule has 19 heavy (non-hydrogen) atoms. The molecule has 2 aromatic heterocycles. The average molecular weight is 299 g/mol. The summed E-state index contributed by atoms with van der Waals surface area (Å²) < 4.78 is 27.7. The van der Waals surface area contributed by atoms with Gasteiger partial charge in [-0.2, -0.15) is 19.8 Å². The third kappa shape index (κ3) is 2.85. The molecule has 0 atom stereocenters. The quantitative estimate of drug-likeness (QED) is 0.925. The van der Waals surface area contributed by atoms with E-state index in [-0.39, 0.29) is 5.03 Å². The standard InChI is InChI=1S/C11H13N3O3S2/c1-3-14-6-10(12-8(14)2)19(16,17)13-11(15)9-4-5-18-7-9/h4-7H,3H2,1-2H3,(H,13,15). The fraction of sp³-hybridized carbons (Fsp3) is 0.273. The number of amides is 1. The minimum atomic E-state index is -3.92. The number of aryl methyl sites for hydroxylation is 2. The Hall–Kier alpha value is -1.67. The van der Waals surface area contributed by atoms with Crippen LogP contribution in [0.15, 0.2) is 28.0 Å². The molecule has 0 aliphatic rings. The number of hydrogen-bond acceptors (Lipinski definition) is 5. The predicted molar refractivity (Wildman–Crippen MR) is 71.6 cm³/mol. The van der Waals surface area contributed by atoms with Crippen molar-refractivity contribution in [3.8, 4) is 0 Å². The molecule has 1 N–H and O–H groups in total. The molecule has 0 saturated carbocycles. The summed E-state index contributed by atoms with van der Waals surface area (Å²) in [5.74, 6) is -0.0594. The number of nitrogens with one attached hydrogen (secondary N) is 1. The number of thiophene rings is 1. The third-order valence-corrected chi connectivity index (χ3v) is 4.47. The van der Waals surface area contributed by atoms with Gasteiger partial charge in [-0.15, -0.1) is 0 Å². The van der Waals surface area contributed by atoms with Gasteiger partial charge in [-0.1, -0.05) is 0 Å². The Labute approximate surface area is 115 Å². The number of aromatic nitrogens is 2. The van der Waals surface area contributed by atoms with Crippen LogP contribution in [0.25, 0.3) is 0 Å². The van der Waals surface area contributed by atoms with Crippen molar-refractivity contribution in [1.82, 2.24) is 14.3 Å². The molecular weight excluding hydrogens is 286 g/mol. The van der Waals surface area contributed by atoms with Gasteiger partial charge in [0, 0.05) is 18.1 Å². The van der Waals surface area contributed by atoms with E-state index in [1.807, 2.05) is 11.6 Å². The minimum Gasteiger partial charge on any atom is -0.334 e. The summed E-state index contributed by atoms with van der Waals surface area (Å²) in [7, 11) is -3.92. The topological polar surface area (TPSA) is 81.1 Å². The summed E-state index contributed by atoms with van der Waals surface area (Å²) in [6.07, 6.45) is 1.42. The molecule has 0 aliphatic carbocycles. The first kappa shape index (κ1) is 13.8. The largest absolute Gasteiger partial charge is 0.334 e. The average Bonchev–Trinajstić information content (AvgIpc) is 2.96. The van der Waals surface area contributed by atoms with Gasteiger partial charge in [0.1, 0.15) is 5.82 Å². The first-order chi connectivity index (χ1) is 8.94. The molecule has 2 heterocycles. The van der Waals surface area contributed by atoms with E-state index in [2.05, 4.69) is 4.98 Å². The maximum atomic E-state index is 12.0. The van der Waals surface area contributed by atoms with E-state index in [0.29, 0.717) is 17.9 Å². The van der Waals surface area contributed by atoms with Crippen molar-refractivity contribution < 1.29 is 13.2 Å². The van der Waals surface area contributed by atoms with Crippen LogP contribution in [0.2, 0.25) is 0 Å². The van der Waals surface area contributed by atoms with Crippen LogP contribution in [0.3, 0.4) is 0 Å². The lowest BCUT2D eigenvalue weighted by Gasteiger charge is -2.02. The van der Waals surface area contributed by atoms with Crippen LogP contribution in [-0.4, -0.2) is 23.9 Å². The number of carbonyl (C=O) groups excluding carboxylic acids is 1. The van der Waals surface area contributed by atoms with Gasteiger partial charge in [-0.3, -0.25) is 4.79 Å². The smallest absolute Gasteiger partial charge is 0.283 e. The van der Waals surface area contributed by atoms with Crippen molar-refractivity contribution in [3.63, 3.8) is 0 Å². The highest BCUT2D eigenvalue weighted by molar-refractivity contribution is 7.90. The maximum absolute atomic E-state index is 12.0. The van der Waals surface area contributed by atoms with Crippen LogP contribution in [-0.2, 0) is 16.6 Å². The Morgan fingerprint density at radius 3 is 2.79 bits per heavy atom. The number of hydrogen-bond donors (Lipinski definition) is 1. The first-order valence-corrected chi connectivity index (χ1v) is 7.99. The Kier molecular flexibility index (Phi) is 3.72. The molecule has 8 heteroatoms. The van der Waals surface area contributed by atoms with Gasteiger partial charge in [-0.25, -0.2) is 9.71 Å². The van der Waals surface area contributed by atoms with Crippen LogP contribution in [0.5, 0.6) is 0 Å². The highest BCUT2D eigenvalue weighted by Crippen LogP contribution is 2.11. The van der Waals surface area contributed by atoms with Crippen LogP contribution in [0.1, 0.15) is 23.1 Å². The van der Waals surface area contributed by atoms with E-state index in [1.54, 1.807) is 28.3 Å². The first-order valence-electron chi connectivity index (χ1n) is 5.57. The summed E-state index contributed by atoms with van der Waals surface area (Å²) in [6.45, 7) is 4.21. The Morgan fingerprint density at radius 1 is 1.53 bits per heavy atom. The zero-order chi connectivity index (χ0) is 14.0. The number of rotatable bonds is 4.